The summed E-state index contributed by atoms with van der Waals surface area (Å²) in [5, 5.41) is 10.8. The topological polar surface area (TPSA) is 143 Å². The van der Waals surface area contributed by atoms with E-state index in [1.54, 1.807) is 36.4 Å². The van der Waals surface area contributed by atoms with Crippen LogP contribution in [0, 0.1) is 0 Å². The molecule has 1 heterocycles. The Morgan fingerprint density at radius 2 is 1.69 bits per heavy atom. The fraction of sp³-hybridized carbons (Fsp3) is 0.0417. The standard InChI is InChI=1S/C24H19ClN4O6S/c1-35-17-10-6-16(7-11-17)28-36(33,34)18-12-8-15(9-13-18)26-14-19-22(30)27-24(32)29(23(19)31)21-5-3-2-4-20(21)25/h2-14,28,31H,1H3,(H,27,30,32). The Labute approximate surface area is 210 Å². The number of para-hydroxylation sites is 1. The molecule has 0 spiro atoms. The van der Waals surface area contributed by atoms with Crippen LogP contribution in [0.5, 0.6) is 11.6 Å². The van der Waals surface area contributed by atoms with Gasteiger partial charge in [-0.15, -0.1) is 0 Å². The van der Waals surface area contributed by atoms with E-state index in [1.807, 2.05) is 0 Å². The van der Waals surface area contributed by atoms with Crippen molar-refractivity contribution in [3.05, 3.63) is 104 Å². The molecule has 0 unspecified atom stereocenters. The van der Waals surface area contributed by atoms with Crippen molar-refractivity contribution in [1.82, 2.24) is 9.55 Å². The Morgan fingerprint density at radius 3 is 2.33 bits per heavy atom. The molecular formula is C24H19ClN4O6S. The van der Waals surface area contributed by atoms with E-state index in [1.165, 1.54) is 43.5 Å². The molecule has 1 aromatic heterocycles. The van der Waals surface area contributed by atoms with Gasteiger partial charge in [0, 0.05) is 11.9 Å². The lowest BCUT2D eigenvalue weighted by Crippen LogP contribution is -2.31. The second kappa shape index (κ2) is 10.1. The van der Waals surface area contributed by atoms with Gasteiger partial charge in [0.2, 0.25) is 5.88 Å². The molecule has 0 amide bonds. The summed E-state index contributed by atoms with van der Waals surface area (Å²) in [6, 6.07) is 18.2. The summed E-state index contributed by atoms with van der Waals surface area (Å²) in [4.78, 5) is 30.8. The second-order valence-corrected chi connectivity index (χ2v) is 9.46. The largest absolute Gasteiger partial charge is 0.497 e. The van der Waals surface area contributed by atoms with E-state index in [4.69, 9.17) is 16.3 Å². The third-order valence-corrected chi connectivity index (χ3v) is 6.76. The lowest BCUT2D eigenvalue weighted by molar-refractivity contribution is 0.415. The van der Waals surface area contributed by atoms with Crippen molar-refractivity contribution in [2.45, 2.75) is 4.90 Å². The first-order valence-corrected chi connectivity index (χ1v) is 12.2. The highest BCUT2D eigenvalue weighted by molar-refractivity contribution is 7.92. The molecule has 0 aliphatic heterocycles. The molecule has 0 saturated carbocycles. The maximum atomic E-state index is 12.7. The number of aromatic amines is 1. The Balaban J connectivity index is 1.60. The third-order valence-electron chi connectivity index (χ3n) is 5.05. The van der Waals surface area contributed by atoms with Gasteiger partial charge in [0.05, 0.1) is 28.4 Å². The Hall–Kier alpha value is -4.35. The number of nitrogens with zero attached hydrogens (tertiary/aromatic N) is 2. The number of nitrogens with one attached hydrogen (secondary N) is 2. The highest BCUT2D eigenvalue weighted by Gasteiger charge is 2.17. The number of rotatable bonds is 7. The van der Waals surface area contributed by atoms with Gasteiger partial charge < -0.3 is 9.84 Å². The molecule has 0 aliphatic carbocycles. The average molecular weight is 527 g/mol. The van der Waals surface area contributed by atoms with Gasteiger partial charge in [-0.1, -0.05) is 23.7 Å². The fourth-order valence-corrected chi connectivity index (χ4v) is 4.51. The maximum Gasteiger partial charge on any atom is 0.335 e. The summed E-state index contributed by atoms with van der Waals surface area (Å²) in [5.41, 5.74) is -1.18. The molecule has 0 radical (unpaired) electrons. The van der Waals surface area contributed by atoms with Crippen LogP contribution in [0.2, 0.25) is 5.02 Å². The molecule has 184 valence electrons. The summed E-state index contributed by atoms with van der Waals surface area (Å²) in [6.45, 7) is 0. The zero-order valence-electron chi connectivity index (χ0n) is 18.7. The zero-order chi connectivity index (χ0) is 25.9. The normalized spacial score (nSPS) is 11.5. The smallest absolute Gasteiger partial charge is 0.335 e. The molecule has 0 bridgehead atoms. The molecular weight excluding hydrogens is 508 g/mol. The number of hydrogen-bond donors (Lipinski definition) is 3. The number of ether oxygens (including phenoxy) is 1. The number of aromatic nitrogens is 2. The van der Waals surface area contributed by atoms with Gasteiger partial charge >= 0.3 is 5.69 Å². The minimum Gasteiger partial charge on any atom is -0.497 e. The molecule has 10 nitrogen and oxygen atoms in total. The Kier molecular flexibility index (Phi) is 6.95. The first-order chi connectivity index (χ1) is 17.2. The Bertz CT molecular complexity index is 1660. The lowest BCUT2D eigenvalue weighted by Gasteiger charge is -2.11. The molecule has 3 N–H and O–H groups in total. The number of halogens is 1. The quantitative estimate of drug-likeness (QED) is 0.315. The van der Waals surface area contributed by atoms with Crippen molar-refractivity contribution in [3.63, 3.8) is 0 Å². The van der Waals surface area contributed by atoms with Gasteiger partial charge in [-0.3, -0.25) is 19.5 Å². The van der Waals surface area contributed by atoms with Crippen LogP contribution in [0.1, 0.15) is 5.56 Å². The van der Waals surface area contributed by atoms with E-state index in [-0.39, 0.29) is 21.2 Å². The van der Waals surface area contributed by atoms with Crippen LogP contribution in [0.15, 0.2) is 92.3 Å². The van der Waals surface area contributed by atoms with Crippen molar-refractivity contribution in [2.24, 2.45) is 4.99 Å². The Morgan fingerprint density at radius 1 is 1.03 bits per heavy atom. The van der Waals surface area contributed by atoms with Crippen LogP contribution in [0.4, 0.5) is 11.4 Å². The maximum absolute atomic E-state index is 12.7. The van der Waals surface area contributed by atoms with Crippen molar-refractivity contribution in [1.29, 1.82) is 0 Å². The summed E-state index contributed by atoms with van der Waals surface area (Å²) >= 11 is 6.13. The summed E-state index contributed by atoms with van der Waals surface area (Å²) in [5.74, 6) is -0.0594. The molecule has 0 saturated heterocycles. The summed E-state index contributed by atoms with van der Waals surface area (Å²) in [7, 11) is -2.35. The number of H-pyrrole nitrogens is 1. The third kappa shape index (κ3) is 5.16. The van der Waals surface area contributed by atoms with E-state index in [2.05, 4.69) is 14.7 Å². The van der Waals surface area contributed by atoms with Crippen LogP contribution < -0.4 is 20.7 Å². The molecule has 0 fully saturated rings. The lowest BCUT2D eigenvalue weighted by atomic mass is 10.2. The summed E-state index contributed by atoms with van der Waals surface area (Å²) < 4.78 is 33.7. The van der Waals surface area contributed by atoms with Crippen molar-refractivity contribution in [3.8, 4) is 17.3 Å². The number of benzene rings is 3. The van der Waals surface area contributed by atoms with Crippen LogP contribution in [-0.2, 0) is 10.0 Å². The van der Waals surface area contributed by atoms with Gasteiger partial charge in [0.15, 0.2) is 0 Å². The summed E-state index contributed by atoms with van der Waals surface area (Å²) in [6.07, 6.45) is 1.07. The average Bonchev–Trinajstić information content (AvgIpc) is 2.85. The fourth-order valence-electron chi connectivity index (χ4n) is 3.24. The van der Waals surface area contributed by atoms with Crippen LogP contribution in [0.3, 0.4) is 0 Å². The van der Waals surface area contributed by atoms with E-state index < -0.39 is 27.2 Å². The van der Waals surface area contributed by atoms with E-state index in [9.17, 15) is 23.1 Å². The first-order valence-electron chi connectivity index (χ1n) is 10.3. The number of hydrogen-bond acceptors (Lipinski definition) is 7. The molecule has 0 atom stereocenters. The molecule has 36 heavy (non-hydrogen) atoms. The minimum absolute atomic E-state index is 0.00904. The number of sulfonamides is 1. The SMILES string of the molecule is COc1ccc(NS(=O)(=O)c2ccc(N=Cc3c(O)n(-c4ccccc4Cl)c(=O)[nH]c3=O)cc2)cc1. The van der Waals surface area contributed by atoms with Gasteiger partial charge in [-0.2, -0.15) is 0 Å². The highest BCUT2D eigenvalue weighted by atomic mass is 35.5. The zero-order valence-corrected chi connectivity index (χ0v) is 20.2. The second-order valence-electron chi connectivity index (χ2n) is 7.37. The molecule has 0 aliphatic rings. The van der Waals surface area contributed by atoms with E-state index in [0.717, 1.165) is 10.8 Å². The number of aromatic hydroxyl groups is 1. The first kappa shape index (κ1) is 24.8. The number of aliphatic imine (C=N–C) groups is 1. The predicted molar refractivity (Wildman–Crippen MR) is 137 cm³/mol. The van der Waals surface area contributed by atoms with Gasteiger partial charge in [0.25, 0.3) is 15.6 Å². The molecule has 4 rings (SSSR count). The van der Waals surface area contributed by atoms with Crippen molar-refractivity contribution < 1.29 is 18.3 Å². The molecule has 12 heteroatoms. The van der Waals surface area contributed by atoms with E-state index in [0.29, 0.717) is 17.1 Å². The minimum atomic E-state index is -3.86. The van der Waals surface area contributed by atoms with E-state index >= 15 is 0 Å². The van der Waals surface area contributed by atoms with Gasteiger partial charge in [0.1, 0.15) is 11.3 Å². The van der Waals surface area contributed by atoms with Crippen LogP contribution >= 0.6 is 11.6 Å². The van der Waals surface area contributed by atoms with Crippen molar-refractivity contribution >= 4 is 39.2 Å². The van der Waals surface area contributed by atoms with Gasteiger partial charge in [-0.25, -0.2) is 17.8 Å². The predicted octanol–water partition coefficient (Wildman–Crippen LogP) is 3.44. The van der Waals surface area contributed by atoms with Crippen LogP contribution in [-0.4, -0.2) is 36.4 Å². The van der Waals surface area contributed by atoms with Crippen molar-refractivity contribution in [2.75, 3.05) is 11.8 Å². The monoisotopic (exact) mass is 526 g/mol. The van der Waals surface area contributed by atoms with Gasteiger partial charge in [-0.05, 0) is 60.7 Å². The van der Waals surface area contributed by atoms with Crippen LogP contribution in [0.25, 0.3) is 5.69 Å². The number of methoxy groups -OCH3 is 1. The number of anilines is 1. The molecule has 4 aromatic rings. The molecule has 3 aromatic carbocycles. The highest BCUT2D eigenvalue weighted by Crippen LogP contribution is 2.24.